The Balaban J connectivity index is 1.93. The minimum atomic E-state index is -0.651. The lowest BCUT2D eigenvalue weighted by Gasteiger charge is -2.35. The van der Waals surface area contributed by atoms with Gasteiger partial charge in [-0.05, 0) is 12.8 Å². The highest BCUT2D eigenvalue weighted by Gasteiger charge is 2.39. The Bertz CT molecular complexity index is 293. The van der Waals surface area contributed by atoms with Crippen LogP contribution in [0.5, 0.6) is 0 Å². The van der Waals surface area contributed by atoms with Crippen LogP contribution in [0, 0.1) is 11.3 Å². The molecule has 4 heteroatoms. The van der Waals surface area contributed by atoms with Crippen molar-refractivity contribution >= 4 is 5.78 Å². The summed E-state index contributed by atoms with van der Waals surface area (Å²) in [5, 5.41) is 19.0. The van der Waals surface area contributed by atoms with Crippen molar-refractivity contribution in [2.45, 2.75) is 45.3 Å². The smallest absolute Gasteiger partial charge is 0.142 e. The van der Waals surface area contributed by atoms with Gasteiger partial charge in [-0.25, -0.2) is 0 Å². The summed E-state index contributed by atoms with van der Waals surface area (Å²) in [6, 6.07) is 0. The van der Waals surface area contributed by atoms with Crippen molar-refractivity contribution in [2.75, 3.05) is 19.6 Å². The molecule has 2 rings (SSSR count). The molecule has 0 spiro atoms. The third-order valence-electron chi connectivity index (χ3n) is 4.21. The molecule has 0 radical (unpaired) electrons. The van der Waals surface area contributed by atoms with Crippen molar-refractivity contribution in [3.8, 4) is 0 Å². The molecule has 98 valence electrons. The summed E-state index contributed by atoms with van der Waals surface area (Å²) in [6.07, 6.45) is 1.73. The summed E-state index contributed by atoms with van der Waals surface area (Å²) >= 11 is 0. The van der Waals surface area contributed by atoms with E-state index in [4.69, 9.17) is 0 Å². The second-order valence-corrected chi connectivity index (χ2v) is 6.19. The number of β-amino-alcohol motifs (C(OH)–C–C–N with tert-alkyl or cyclic N) is 2. The van der Waals surface area contributed by atoms with Crippen molar-refractivity contribution in [3.63, 3.8) is 0 Å². The Labute approximate surface area is 103 Å². The van der Waals surface area contributed by atoms with Gasteiger partial charge in [0, 0.05) is 31.0 Å². The zero-order chi connectivity index (χ0) is 12.6. The third-order valence-corrected chi connectivity index (χ3v) is 4.21. The molecule has 0 amide bonds. The molecule has 1 heterocycles. The van der Waals surface area contributed by atoms with Crippen LogP contribution in [0.15, 0.2) is 0 Å². The quantitative estimate of drug-likeness (QED) is 0.735. The highest BCUT2D eigenvalue weighted by Crippen LogP contribution is 2.36. The average Bonchev–Trinajstić information content (AvgIpc) is 2.54. The zero-order valence-corrected chi connectivity index (χ0v) is 10.7. The van der Waals surface area contributed by atoms with E-state index >= 15 is 0 Å². The molecular formula is C13H23NO3. The number of nitrogens with zero attached hydrogens (tertiary/aromatic N) is 1. The van der Waals surface area contributed by atoms with Gasteiger partial charge in [0.05, 0.1) is 12.2 Å². The first-order valence-corrected chi connectivity index (χ1v) is 6.53. The Morgan fingerprint density at radius 1 is 1.29 bits per heavy atom. The summed E-state index contributed by atoms with van der Waals surface area (Å²) in [5.74, 6) is 0.427. The van der Waals surface area contributed by atoms with Gasteiger partial charge in [0.15, 0.2) is 0 Å². The number of aliphatic hydroxyl groups excluding tert-OH is 2. The fourth-order valence-corrected chi connectivity index (χ4v) is 3.08. The predicted molar refractivity (Wildman–Crippen MR) is 64.6 cm³/mol. The van der Waals surface area contributed by atoms with E-state index < -0.39 is 12.2 Å². The number of likely N-dealkylation sites (tertiary alicyclic amines) is 1. The molecule has 17 heavy (non-hydrogen) atoms. The fourth-order valence-electron chi connectivity index (χ4n) is 3.08. The van der Waals surface area contributed by atoms with Gasteiger partial charge in [0.1, 0.15) is 5.78 Å². The highest BCUT2D eigenvalue weighted by molar-refractivity contribution is 5.87. The van der Waals surface area contributed by atoms with Gasteiger partial charge >= 0.3 is 0 Å². The number of Topliss-reactive ketones (excluding diaryl/α,β-unsaturated/α-hetero) is 1. The van der Waals surface area contributed by atoms with Gasteiger partial charge in [-0.3, -0.25) is 9.69 Å². The summed E-state index contributed by atoms with van der Waals surface area (Å²) < 4.78 is 0. The SMILES string of the molecule is CC1(C)CCCC(CN2CC(O)C(O)C2)C1=O. The molecule has 0 bridgehead atoms. The number of carbonyl (C=O) groups is 1. The largest absolute Gasteiger partial charge is 0.389 e. The molecule has 0 aromatic heterocycles. The molecule has 1 saturated heterocycles. The number of carbonyl (C=O) groups excluding carboxylic acids is 1. The van der Waals surface area contributed by atoms with Crippen molar-refractivity contribution < 1.29 is 15.0 Å². The van der Waals surface area contributed by atoms with Crippen LogP contribution in [0.3, 0.4) is 0 Å². The first-order chi connectivity index (χ1) is 7.90. The molecule has 1 aliphatic heterocycles. The van der Waals surface area contributed by atoms with E-state index in [1.54, 1.807) is 0 Å². The standard InChI is InChI=1S/C13H23NO3/c1-13(2)5-3-4-9(12(13)17)6-14-7-10(15)11(16)8-14/h9-11,15-16H,3-8H2,1-2H3. The van der Waals surface area contributed by atoms with E-state index in [0.29, 0.717) is 25.4 Å². The van der Waals surface area contributed by atoms with Crippen LogP contribution >= 0.6 is 0 Å². The summed E-state index contributed by atoms with van der Waals surface area (Å²) in [4.78, 5) is 14.3. The average molecular weight is 241 g/mol. The lowest BCUT2D eigenvalue weighted by Crippen LogP contribution is -2.41. The molecular weight excluding hydrogens is 218 g/mol. The number of aliphatic hydroxyl groups is 2. The molecule has 0 aromatic carbocycles. The highest BCUT2D eigenvalue weighted by atomic mass is 16.3. The number of rotatable bonds is 2. The predicted octanol–water partition coefficient (Wildman–Crippen LogP) is 0.419. The van der Waals surface area contributed by atoms with E-state index in [9.17, 15) is 15.0 Å². The molecule has 0 aromatic rings. The Hall–Kier alpha value is -0.450. The Morgan fingerprint density at radius 2 is 1.88 bits per heavy atom. The van der Waals surface area contributed by atoms with Crippen molar-refractivity contribution in [1.82, 2.24) is 4.90 Å². The fraction of sp³-hybridized carbons (Fsp3) is 0.923. The Kier molecular flexibility index (Phi) is 3.57. The maximum absolute atomic E-state index is 12.2. The molecule has 3 atom stereocenters. The summed E-state index contributed by atoms with van der Waals surface area (Å²) in [6.45, 7) is 5.72. The molecule has 1 aliphatic carbocycles. The maximum Gasteiger partial charge on any atom is 0.142 e. The maximum atomic E-state index is 12.2. The van der Waals surface area contributed by atoms with Crippen LogP contribution < -0.4 is 0 Å². The first-order valence-electron chi connectivity index (χ1n) is 6.53. The van der Waals surface area contributed by atoms with Crippen molar-refractivity contribution in [2.24, 2.45) is 11.3 Å². The van der Waals surface area contributed by atoms with Gasteiger partial charge in [0.25, 0.3) is 0 Å². The van der Waals surface area contributed by atoms with Gasteiger partial charge in [-0.2, -0.15) is 0 Å². The molecule has 2 fully saturated rings. The Morgan fingerprint density at radius 3 is 2.47 bits per heavy atom. The van der Waals surface area contributed by atoms with Crippen molar-refractivity contribution in [1.29, 1.82) is 0 Å². The second-order valence-electron chi connectivity index (χ2n) is 6.19. The van der Waals surface area contributed by atoms with Crippen LogP contribution in [0.2, 0.25) is 0 Å². The van der Waals surface area contributed by atoms with Gasteiger partial charge < -0.3 is 10.2 Å². The third kappa shape index (κ3) is 2.69. The van der Waals surface area contributed by atoms with Gasteiger partial charge in [-0.1, -0.05) is 20.3 Å². The second kappa shape index (κ2) is 4.67. The molecule has 4 nitrogen and oxygen atoms in total. The van der Waals surface area contributed by atoms with Crippen LogP contribution in [0.4, 0.5) is 0 Å². The topological polar surface area (TPSA) is 60.8 Å². The number of hydrogen-bond donors (Lipinski definition) is 2. The monoisotopic (exact) mass is 241 g/mol. The molecule has 2 N–H and O–H groups in total. The van der Waals surface area contributed by atoms with E-state index in [2.05, 4.69) is 0 Å². The van der Waals surface area contributed by atoms with Gasteiger partial charge in [0.2, 0.25) is 0 Å². The van der Waals surface area contributed by atoms with Crippen LogP contribution in [0.25, 0.3) is 0 Å². The van der Waals surface area contributed by atoms with Crippen LogP contribution in [0.1, 0.15) is 33.1 Å². The van der Waals surface area contributed by atoms with E-state index in [-0.39, 0.29) is 11.3 Å². The van der Waals surface area contributed by atoms with E-state index in [1.165, 1.54) is 0 Å². The zero-order valence-electron chi connectivity index (χ0n) is 10.7. The van der Waals surface area contributed by atoms with Crippen LogP contribution in [-0.2, 0) is 4.79 Å². The molecule has 3 unspecified atom stereocenters. The van der Waals surface area contributed by atoms with Crippen LogP contribution in [-0.4, -0.2) is 52.7 Å². The normalized spacial score (nSPS) is 38.6. The van der Waals surface area contributed by atoms with Crippen molar-refractivity contribution in [3.05, 3.63) is 0 Å². The first kappa shape index (κ1) is 13.0. The van der Waals surface area contributed by atoms with E-state index in [1.807, 2.05) is 18.7 Å². The minimum absolute atomic E-state index is 0.0799. The minimum Gasteiger partial charge on any atom is -0.389 e. The molecule has 1 saturated carbocycles. The summed E-state index contributed by atoms with van der Waals surface area (Å²) in [7, 11) is 0. The summed E-state index contributed by atoms with van der Waals surface area (Å²) in [5.41, 5.74) is -0.195. The number of hydrogen-bond acceptors (Lipinski definition) is 4. The van der Waals surface area contributed by atoms with E-state index in [0.717, 1.165) is 19.3 Å². The lowest BCUT2D eigenvalue weighted by atomic mass is 9.71. The number of ketones is 1. The molecule has 2 aliphatic rings. The van der Waals surface area contributed by atoms with Gasteiger partial charge in [-0.15, -0.1) is 0 Å². The lowest BCUT2D eigenvalue weighted by molar-refractivity contribution is -0.134.